The summed E-state index contributed by atoms with van der Waals surface area (Å²) in [6.07, 6.45) is 5.65. The van der Waals surface area contributed by atoms with E-state index in [9.17, 15) is 0 Å². The van der Waals surface area contributed by atoms with Crippen molar-refractivity contribution in [2.75, 3.05) is 13.2 Å². The zero-order valence-electron chi connectivity index (χ0n) is 12.0. The van der Waals surface area contributed by atoms with E-state index in [0.29, 0.717) is 6.54 Å². The molecule has 1 heterocycles. The highest BCUT2D eigenvalue weighted by Gasteiger charge is 2.11. The van der Waals surface area contributed by atoms with E-state index in [1.807, 2.05) is 36.7 Å². The smallest absolute Gasteiger partial charge is 0.0949 e. The van der Waals surface area contributed by atoms with E-state index >= 15 is 0 Å². The van der Waals surface area contributed by atoms with Crippen molar-refractivity contribution in [3.05, 3.63) is 65.5 Å². The summed E-state index contributed by atoms with van der Waals surface area (Å²) in [6.45, 7) is 3.33. The first kappa shape index (κ1) is 14.7. The molecule has 0 aliphatic heterocycles. The highest BCUT2D eigenvalue weighted by Crippen LogP contribution is 2.20. The predicted octanol–water partition coefficient (Wildman–Crippen LogP) is 3.04. The van der Waals surface area contributed by atoms with Crippen LogP contribution >= 0.6 is 0 Å². The summed E-state index contributed by atoms with van der Waals surface area (Å²) in [7, 11) is 0. The average Bonchev–Trinajstić information content (AvgIpc) is 2.50. The zero-order chi connectivity index (χ0) is 14.2. The number of hydrogen-bond acceptors (Lipinski definition) is 3. The number of nitrogens with zero attached hydrogens (tertiary/aromatic N) is 1. The minimum atomic E-state index is -0.00589. The second-order valence-corrected chi connectivity index (χ2v) is 4.91. The van der Waals surface area contributed by atoms with Crippen LogP contribution in [0.4, 0.5) is 0 Å². The molecule has 106 valence electrons. The lowest BCUT2D eigenvalue weighted by Gasteiger charge is -2.18. The van der Waals surface area contributed by atoms with E-state index in [1.54, 1.807) is 0 Å². The minimum Gasteiger partial charge on any atom is -0.372 e. The molecule has 0 saturated carbocycles. The maximum atomic E-state index is 5.94. The molecule has 2 rings (SSSR count). The van der Waals surface area contributed by atoms with Gasteiger partial charge in [-0.1, -0.05) is 24.3 Å². The van der Waals surface area contributed by atoms with Crippen LogP contribution in [0.1, 0.15) is 29.2 Å². The Morgan fingerprint density at radius 2 is 1.90 bits per heavy atom. The van der Waals surface area contributed by atoms with Crippen LogP contribution in [0.3, 0.4) is 0 Å². The molecule has 0 saturated heterocycles. The summed E-state index contributed by atoms with van der Waals surface area (Å²) in [5, 5.41) is 0. The third kappa shape index (κ3) is 4.15. The molecular formula is C17H22N2O. The molecule has 0 aliphatic rings. The summed E-state index contributed by atoms with van der Waals surface area (Å²) in [4.78, 5) is 4.02. The maximum absolute atomic E-state index is 5.94. The van der Waals surface area contributed by atoms with Crippen molar-refractivity contribution in [2.45, 2.75) is 25.9 Å². The number of benzene rings is 1. The van der Waals surface area contributed by atoms with Crippen LogP contribution in [0.5, 0.6) is 0 Å². The molecule has 1 aromatic heterocycles. The second-order valence-electron chi connectivity index (χ2n) is 4.91. The van der Waals surface area contributed by atoms with Gasteiger partial charge >= 0.3 is 0 Å². The van der Waals surface area contributed by atoms with Crippen LogP contribution in [0.15, 0.2) is 48.8 Å². The topological polar surface area (TPSA) is 48.1 Å². The largest absolute Gasteiger partial charge is 0.372 e. The van der Waals surface area contributed by atoms with Crippen molar-refractivity contribution in [3.63, 3.8) is 0 Å². The van der Waals surface area contributed by atoms with Crippen molar-refractivity contribution < 1.29 is 4.74 Å². The van der Waals surface area contributed by atoms with Crippen LogP contribution in [-0.4, -0.2) is 18.1 Å². The molecule has 2 N–H and O–H groups in total. The van der Waals surface area contributed by atoms with Gasteiger partial charge in [0.15, 0.2) is 0 Å². The van der Waals surface area contributed by atoms with Gasteiger partial charge in [-0.3, -0.25) is 4.98 Å². The summed E-state index contributed by atoms with van der Waals surface area (Å²) < 4.78 is 5.94. The lowest BCUT2D eigenvalue weighted by Crippen LogP contribution is -2.17. The van der Waals surface area contributed by atoms with Gasteiger partial charge in [-0.25, -0.2) is 0 Å². The van der Waals surface area contributed by atoms with Crippen molar-refractivity contribution in [1.29, 1.82) is 0 Å². The van der Waals surface area contributed by atoms with Gasteiger partial charge in [-0.2, -0.15) is 0 Å². The van der Waals surface area contributed by atoms with Gasteiger partial charge in [0.2, 0.25) is 0 Å². The molecule has 0 aliphatic carbocycles. The van der Waals surface area contributed by atoms with E-state index in [-0.39, 0.29) is 6.10 Å². The molecule has 0 spiro atoms. The van der Waals surface area contributed by atoms with Crippen LogP contribution in [0.25, 0.3) is 0 Å². The highest BCUT2D eigenvalue weighted by atomic mass is 16.5. The van der Waals surface area contributed by atoms with Gasteiger partial charge in [0.05, 0.1) is 6.10 Å². The van der Waals surface area contributed by atoms with Crippen molar-refractivity contribution in [2.24, 2.45) is 5.73 Å². The van der Waals surface area contributed by atoms with E-state index in [0.717, 1.165) is 19.4 Å². The summed E-state index contributed by atoms with van der Waals surface area (Å²) in [5.74, 6) is 0. The SMILES string of the molecule is Cc1ccccc1C(CN)OCCCc1ccncc1. The molecule has 0 radical (unpaired) electrons. The van der Waals surface area contributed by atoms with E-state index in [1.165, 1.54) is 16.7 Å². The van der Waals surface area contributed by atoms with E-state index < -0.39 is 0 Å². The molecule has 3 heteroatoms. The van der Waals surface area contributed by atoms with Gasteiger partial charge < -0.3 is 10.5 Å². The molecule has 20 heavy (non-hydrogen) atoms. The Hall–Kier alpha value is -1.71. The standard InChI is InChI=1S/C17H22N2O/c1-14-5-2-3-7-16(14)17(13-18)20-12-4-6-15-8-10-19-11-9-15/h2-3,5,7-11,17H,4,6,12-13,18H2,1H3. The molecule has 2 aromatic rings. The first-order chi connectivity index (χ1) is 9.81. The Kier molecular flexibility index (Phi) is 5.71. The first-order valence-electron chi connectivity index (χ1n) is 7.07. The molecular weight excluding hydrogens is 248 g/mol. The van der Waals surface area contributed by atoms with Crippen molar-refractivity contribution >= 4 is 0 Å². The third-order valence-corrected chi connectivity index (χ3v) is 3.43. The lowest BCUT2D eigenvalue weighted by molar-refractivity contribution is 0.0567. The lowest BCUT2D eigenvalue weighted by atomic mass is 10.0. The fraction of sp³-hybridized carbons (Fsp3) is 0.353. The fourth-order valence-electron chi connectivity index (χ4n) is 2.28. The van der Waals surface area contributed by atoms with Gasteiger partial charge in [0, 0.05) is 25.5 Å². The van der Waals surface area contributed by atoms with E-state index in [4.69, 9.17) is 10.5 Å². The highest BCUT2D eigenvalue weighted by molar-refractivity contribution is 5.28. The molecule has 0 amide bonds. The van der Waals surface area contributed by atoms with E-state index in [2.05, 4.69) is 24.0 Å². The molecule has 3 nitrogen and oxygen atoms in total. The maximum Gasteiger partial charge on any atom is 0.0949 e. The number of hydrogen-bond donors (Lipinski definition) is 1. The second kappa shape index (κ2) is 7.78. The number of ether oxygens (including phenoxy) is 1. The van der Waals surface area contributed by atoms with Crippen LogP contribution < -0.4 is 5.73 Å². The van der Waals surface area contributed by atoms with Gasteiger partial charge in [0.25, 0.3) is 0 Å². The molecule has 1 unspecified atom stereocenters. The Bertz CT molecular complexity index is 513. The Morgan fingerprint density at radius 3 is 2.60 bits per heavy atom. The summed E-state index contributed by atoms with van der Waals surface area (Å²) in [6, 6.07) is 12.3. The minimum absolute atomic E-state index is 0.00589. The summed E-state index contributed by atoms with van der Waals surface area (Å²) >= 11 is 0. The van der Waals surface area contributed by atoms with Crippen LogP contribution in [-0.2, 0) is 11.2 Å². The van der Waals surface area contributed by atoms with Gasteiger partial charge in [-0.05, 0) is 48.6 Å². The third-order valence-electron chi connectivity index (χ3n) is 3.43. The van der Waals surface area contributed by atoms with Crippen LogP contribution in [0.2, 0.25) is 0 Å². The van der Waals surface area contributed by atoms with Crippen LogP contribution in [0, 0.1) is 6.92 Å². The molecule has 1 aromatic carbocycles. The first-order valence-corrected chi connectivity index (χ1v) is 7.07. The van der Waals surface area contributed by atoms with Crippen molar-refractivity contribution in [1.82, 2.24) is 4.98 Å². The molecule has 1 atom stereocenters. The Labute approximate surface area is 120 Å². The molecule has 0 fully saturated rings. The number of pyridine rings is 1. The number of rotatable bonds is 7. The Balaban J connectivity index is 1.81. The molecule has 0 bridgehead atoms. The number of aromatic nitrogens is 1. The predicted molar refractivity (Wildman–Crippen MR) is 81.5 cm³/mol. The zero-order valence-corrected chi connectivity index (χ0v) is 12.0. The quantitative estimate of drug-likeness (QED) is 0.787. The Morgan fingerprint density at radius 1 is 1.15 bits per heavy atom. The van der Waals surface area contributed by atoms with Gasteiger partial charge in [-0.15, -0.1) is 0 Å². The number of nitrogens with two attached hydrogens (primary N) is 1. The van der Waals surface area contributed by atoms with Crippen molar-refractivity contribution in [3.8, 4) is 0 Å². The monoisotopic (exact) mass is 270 g/mol. The number of aryl methyl sites for hydroxylation is 2. The fourth-order valence-corrected chi connectivity index (χ4v) is 2.28. The van der Waals surface area contributed by atoms with Gasteiger partial charge in [0.1, 0.15) is 0 Å². The normalized spacial score (nSPS) is 12.3. The summed E-state index contributed by atoms with van der Waals surface area (Å²) in [5.41, 5.74) is 9.56. The average molecular weight is 270 g/mol.